The van der Waals surface area contributed by atoms with E-state index in [0.29, 0.717) is 5.92 Å². The Labute approximate surface area is 115 Å². The zero-order valence-corrected chi connectivity index (χ0v) is 12.3. The smallest absolute Gasteiger partial charge is 0.319 e. The fourth-order valence-electron chi connectivity index (χ4n) is 2.43. The van der Waals surface area contributed by atoms with E-state index >= 15 is 0 Å². The number of piperidine rings is 1. The van der Waals surface area contributed by atoms with Crippen LogP contribution in [0, 0.1) is 5.92 Å². The highest BCUT2D eigenvalue weighted by atomic mass is 16.4. The van der Waals surface area contributed by atoms with Gasteiger partial charge in [0.15, 0.2) is 0 Å². The van der Waals surface area contributed by atoms with Crippen molar-refractivity contribution in [2.75, 3.05) is 20.1 Å². The Bertz CT molecular complexity index is 312. The number of carboxylic acid groups (broad SMARTS) is 1. The lowest BCUT2D eigenvalue weighted by Gasteiger charge is -2.36. The van der Waals surface area contributed by atoms with Crippen LogP contribution in [0.3, 0.4) is 0 Å². The van der Waals surface area contributed by atoms with Gasteiger partial charge in [0.25, 0.3) is 0 Å². The van der Waals surface area contributed by atoms with Crippen LogP contribution in [0.25, 0.3) is 0 Å². The summed E-state index contributed by atoms with van der Waals surface area (Å²) in [6.45, 7) is 5.64. The van der Waals surface area contributed by atoms with Crippen molar-refractivity contribution in [3.05, 3.63) is 0 Å². The normalized spacial score (nSPS) is 18.2. The number of carbonyl (C=O) groups excluding carboxylic acids is 1. The van der Waals surface area contributed by atoms with E-state index in [1.54, 1.807) is 4.90 Å². The molecule has 1 rings (SSSR count). The number of amides is 2. The quantitative estimate of drug-likeness (QED) is 0.834. The van der Waals surface area contributed by atoms with E-state index in [1.807, 2.05) is 11.9 Å². The molecule has 2 amide bonds. The van der Waals surface area contributed by atoms with E-state index in [2.05, 4.69) is 13.8 Å². The maximum atomic E-state index is 12.2. The Morgan fingerprint density at radius 3 is 2.42 bits per heavy atom. The van der Waals surface area contributed by atoms with E-state index in [-0.39, 0.29) is 18.5 Å². The molecule has 1 saturated heterocycles. The van der Waals surface area contributed by atoms with Crippen LogP contribution < -0.4 is 0 Å². The van der Waals surface area contributed by atoms with Crippen LogP contribution in [-0.4, -0.2) is 53.1 Å². The Hall–Kier alpha value is -1.26. The molecule has 1 unspecified atom stereocenters. The van der Waals surface area contributed by atoms with E-state index in [4.69, 9.17) is 5.11 Å². The molecule has 5 nitrogen and oxygen atoms in total. The Morgan fingerprint density at radius 2 is 1.95 bits per heavy atom. The van der Waals surface area contributed by atoms with Crippen LogP contribution in [0.5, 0.6) is 0 Å². The summed E-state index contributed by atoms with van der Waals surface area (Å²) in [7, 11) is 1.85. The van der Waals surface area contributed by atoms with Gasteiger partial charge in [-0.25, -0.2) is 4.79 Å². The van der Waals surface area contributed by atoms with Gasteiger partial charge in [0.05, 0.1) is 0 Å². The van der Waals surface area contributed by atoms with E-state index in [0.717, 1.165) is 38.8 Å². The summed E-state index contributed by atoms with van der Waals surface area (Å²) >= 11 is 0. The summed E-state index contributed by atoms with van der Waals surface area (Å²) in [5.74, 6) is -0.274. The number of carbonyl (C=O) groups is 2. The van der Waals surface area contributed by atoms with Gasteiger partial charge in [-0.15, -0.1) is 0 Å². The van der Waals surface area contributed by atoms with Crippen molar-refractivity contribution in [1.82, 2.24) is 9.80 Å². The van der Waals surface area contributed by atoms with Gasteiger partial charge in [-0.3, -0.25) is 4.79 Å². The molecule has 0 aromatic rings. The van der Waals surface area contributed by atoms with Gasteiger partial charge in [0, 0.05) is 32.6 Å². The van der Waals surface area contributed by atoms with Crippen LogP contribution in [0.2, 0.25) is 0 Å². The van der Waals surface area contributed by atoms with Gasteiger partial charge in [-0.1, -0.05) is 6.92 Å². The molecule has 0 spiro atoms. The first-order chi connectivity index (χ1) is 8.95. The molecule has 0 aliphatic carbocycles. The standard InChI is InChI=1S/C14H26N2O3/c1-4-11(2)15(3)14(19)16-9-7-12(8-10-16)5-6-13(17)18/h11-12H,4-10H2,1-3H3,(H,17,18). The van der Waals surface area contributed by atoms with Crippen LogP contribution >= 0.6 is 0 Å². The third-order valence-electron chi connectivity index (χ3n) is 4.21. The number of aliphatic carboxylic acids is 1. The average molecular weight is 270 g/mol. The summed E-state index contributed by atoms with van der Waals surface area (Å²) in [5, 5.41) is 8.67. The highest BCUT2D eigenvalue weighted by Crippen LogP contribution is 2.22. The molecule has 0 aromatic heterocycles. The van der Waals surface area contributed by atoms with Gasteiger partial charge >= 0.3 is 12.0 Å². The minimum absolute atomic E-state index is 0.103. The monoisotopic (exact) mass is 270 g/mol. The molecule has 1 aliphatic heterocycles. The number of hydrogen-bond donors (Lipinski definition) is 1. The van der Waals surface area contributed by atoms with Crippen LogP contribution in [0.4, 0.5) is 4.79 Å². The first kappa shape index (κ1) is 15.8. The second kappa shape index (κ2) is 7.36. The molecular formula is C14H26N2O3. The molecule has 5 heteroatoms. The minimum atomic E-state index is -0.727. The van der Waals surface area contributed by atoms with E-state index < -0.39 is 5.97 Å². The predicted molar refractivity (Wildman–Crippen MR) is 74.1 cm³/mol. The molecule has 1 N–H and O–H groups in total. The maximum Gasteiger partial charge on any atom is 0.319 e. The third-order valence-corrected chi connectivity index (χ3v) is 4.21. The second-order valence-electron chi connectivity index (χ2n) is 5.51. The van der Waals surface area contributed by atoms with Gasteiger partial charge < -0.3 is 14.9 Å². The number of rotatable bonds is 5. The van der Waals surface area contributed by atoms with Crippen molar-refractivity contribution in [3.63, 3.8) is 0 Å². The zero-order valence-electron chi connectivity index (χ0n) is 12.3. The van der Waals surface area contributed by atoms with Crippen molar-refractivity contribution in [3.8, 4) is 0 Å². The third kappa shape index (κ3) is 4.73. The molecule has 1 atom stereocenters. The maximum absolute atomic E-state index is 12.2. The van der Waals surface area contributed by atoms with Crippen molar-refractivity contribution >= 4 is 12.0 Å². The topological polar surface area (TPSA) is 60.9 Å². The Kier molecular flexibility index (Phi) is 6.12. The van der Waals surface area contributed by atoms with Gasteiger partial charge in [0.1, 0.15) is 0 Å². The molecule has 110 valence electrons. The Morgan fingerprint density at radius 1 is 1.37 bits per heavy atom. The number of carboxylic acids is 1. The van der Waals surface area contributed by atoms with E-state index in [1.165, 1.54) is 0 Å². The fraction of sp³-hybridized carbons (Fsp3) is 0.857. The molecular weight excluding hydrogens is 244 g/mol. The molecule has 0 radical (unpaired) electrons. The minimum Gasteiger partial charge on any atom is -0.481 e. The van der Waals surface area contributed by atoms with Crippen molar-refractivity contribution in [2.45, 2.75) is 52.0 Å². The van der Waals surface area contributed by atoms with Gasteiger partial charge in [-0.05, 0) is 38.5 Å². The van der Waals surface area contributed by atoms with Crippen LogP contribution in [0.15, 0.2) is 0 Å². The van der Waals surface area contributed by atoms with Crippen molar-refractivity contribution in [1.29, 1.82) is 0 Å². The van der Waals surface area contributed by atoms with Gasteiger partial charge in [-0.2, -0.15) is 0 Å². The highest BCUT2D eigenvalue weighted by molar-refractivity contribution is 5.74. The SMILES string of the molecule is CCC(C)N(C)C(=O)N1CCC(CCC(=O)O)CC1. The lowest BCUT2D eigenvalue weighted by Crippen LogP contribution is -2.47. The second-order valence-corrected chi connectivity index (χ2v) is 5.51. The summed E-state index contributed by atoms with van der Waals surface area (Å²) < 4.78 is 0. The fourth-order valence-corrected chi connectivity index (χ4v) is 2.43. The molecule has 19 heavy (non-hydrogen) atoms. The first-order valence-electron chi connectivity index (χ1n) is 7.19. The number of likely N-dealkylation sites (tertiary alicyclic amines) is 1. The molecule has 1 aliphatic rings. The van der Waals surface area contributed by atoms with Crippen LogP contribution in [0.1, 0.15) is 46.0 Å². The van der Waals surface area contributed by atoms with Gasteiger partial charge in [0.2, 0.25) is 0 Å². The number of nitrogens with zero attached hydrogens (tertiary/aromatic N) is 2. The number of hydrogen-bond acceptors (Lipinski definition) is 2. The summed E-state index contributed by atoms with van der Waals surface area (Å²) in [5.41, 5.74) is 0. The largest absolute Gasteiger partial charge is 0.481 e. The molecule has 0 aromatic carbocycles. The van der Waals surface area contributed by atoms with E-state index in [9.17, 15) is 9.59 Å². The summed E-state index contributed by atoms with van der Waals surface area (Å²) in [6.07, 6.45) is 3.78. The Balaban J connectivity index is 2.36. The highest BCUT2D eigenvalue weighted by Gasteiger charge is 2.26. The average Bonchev–Trinajstić information content (AvgIpc) is 2.43. The molecule has 0 bridgehead atoms. The lowest BCUT2D eigenvalue weighted by molar-refractivity contribution is -0.137. The van der Waals surface area contributed by atoms with Crippen LogP contribution in [-0.2, 0) is 4.79 Å². The summed E-state index contributed by atoms with van der Waals surface area (Å²) in [6, 6.07) is 0.364. The predicted octanol–water partition coefficient (Wildman–Crippen LogP) is 2.41. The molecule has 1 fully saturated rings. The lowest BCUT2D eigenvalue weighted by atomic mass is 9.92. The summed E-state index contributed by atoms with van der Waals surface area (Å²) in [4.78, 5) is 26.5. The van der Waals surface area contributed by atoms with Crippen molar-refractivity contribution in [2.24, 2.45) is 5.92 Å². The van der Waals surface area contributed by atoms with Crippen molar-refractivity contribution < 1.29 is 14.7 Å². The molecule has 1 heterocycles. The molecule has 0 saturated carbocycles. The first-order valence-corrected chi connectivity index (χ1v) is 7.19. The zero-order chi connectivity index (χ0) is 14.4. The number of urea groups is 1.